The van der Waals surface area contributed by atoms with Crippen molar-refractivity contribution in [1.29, 1.82) is 0 Å². The van der Waals surface area contributed by atoms with Gasteiger partial charge in [-0.25, -0.2) is 4.98 Å². The van der Waals surface area contributed by atoms with Crippen molar-refractivity contribution in [3.05, 3.63) is 91.0 Å². The van der Waals surface area contributed by atoms with Crippen molar-refractivity contribution in [3.63, 3.8) is 0 Å². The molecule has 0 atom stereocenters. The first-order valence-electron chi connectivity index (χ1n) is 11.0. The van der Waals surface area contributed by atoms with E-state index in [9.17, 15) is 0 Å². The Morgan fingerprint density at radius 3 is 2.31 bits per heavy atom. The number of hydrogen-bond acceptors (Lipinski definition) is 2. The maximum absolute atomic E-state index is 6.29. The zero-order chi connectivity index (χ0) is 21.9. The topological polar surface area (TPSA) is 31.0 Å². The quantitative estimate of drug-likeness (QED) is 0.286. The van der Waals surface area contributed by atoms with Crippen molar-refractivity contribution in [2.45, 2.75) is 26.3 Å². The first-order chi connectivity index (χ1) is 15.5. The molecule has 3 nitrogen and oxygen atoms in total. The fourth-order valence-corrected chi connectivity index (χ4v) is 4.70. The predicted molar refractivity (Wildman–Crippen MR) is 133 cm³/mol. The lowest BCUT2D eigenvalue weighted by Gasteiger charge is -2.25. The molecule has 0 radical (unpaired) electrons. The number of rotatable bonds is 2. The average molecular weight is 417 g/mol. The lowest BCUT2D eigenvalue weighted by Crippen LogP contribution is -2.22. The maximum atomic E-state index is 6.29. The molecule has 4 aromatic carbocycles. The molecule has 156 valence electrons. The fraction of sp³-hybridized carbons (Fsp3) is 0.138. The second-order valence-corrected chi connectivity index (χ2v) is 9.29. The Morgan fingerprint density at radius 2 is 1.44 bits per heavy atom. The highest BCUT2D eigenvalue weighted by atomic mass is 16.3. The third-order valence-corrected chi connectivity index (χ3v) is 6.07. The average Bonchev–Trinajstić information content (AvgIpc) is 3.38. The Balaban J connectivity index is 1.58. The number of furan rings is 1. The van der Waals surface area contributed by atoms with Crippen LogP contribution in [0.1, 0.15) is 20.8 Å². The van der Waals surface area contributed by atoms with Crippen LogP contribution in [0, 0.1) is 0 Å². The molecule has 32 heavy (non-hydrogen) atoms. The molecule has 0 aliphatic heterocycles. The van der Waals surface area contributed by atoms with Gasteiger partial charge in [0, 0.05) is 27.4 Å². The summed E-state index contributed by atoms with van der Waals surface area (Å²) in [5.74, 6) is 0.984. The summed E-state index contributed by atoms with van der Waals surface area (Å²) in [6.07, 6.45) is 0. The van der Waals surface area contributed by atoms with Crippen LogP contribution in [0.25, 0.3) is 55.5 Å². The van der Waals surface area contributed by atoms with E-state index in [2.05, 4.69) is 98.1 Å². The standard InChI is InChI=1S/C29H24N2O/c1-29(2,3)31-25-16-6-5-15-24(25)30-28(31)20-11-8-10-19(18-20)21-13-9-14-23-22-12-4-7-17-26(22)32-27(21)23/h4-18H,1-3H3. The number of fused-ring (bicyclic) bond motifs is 4. The van der Waals surface area contributed by atoms with Crippen molar-refractivity contribution >= 4 is 33.0 Å². The third kappa shape index (κ3) is 2.85. The normalized spacial score (nSPS) is 12.2. The van der Waals surface area contributed by atoms with Crippen LogP contribution >= 0.6 is 0 Å². The summed E-state index contributed by atoms with van der Waals surface area (Å²) < 4.78 is 8.63. The van der Waals surface area contributed by atoms with Gasteiger partial charge in [-0.1, -0.05) is 66.7 Å². The van der Waals surface area contributed by atoms with E-state index >= 15 is 0 Å². The van der Waals surface area contributed by atoms with Crippen molar-refractivity contribution < 1.29 is 4.42 Å². The fourth-order valence-electron chi connectivity index (χ4n) is 4.70. The van der Waals surface area contributed by atoms with E-state index in [1.54, 1.807) is 0 Å². The van der Waals surface area contributed by atoms with Crippen LogP contribution < -0.4 is 0 Å². The molecular weight excluding hydrogens is 392 g/mol. The van der Waals surface area contributed by atoms with E-state index in [1.807, 2.05) is 18.2 Å². The number of nitrogens with zero attached hydrogens (tertiary/aromatic N) is 2. The highest BCUT2D eigenvalue weighted by Gasteiger charge is 2.22. The Kier molecular flexibility index (Phi) is 4.03. The minimum Gasteiger partial charge on any atom is -0.455 e. The van der Waals surface area contributed by atoms with Crippen molar-refractivity contribution in [2.24, 2.45) is 0 Å². The number of aromatic nitrogens is 2. The highest BCUT2D eigenvalue weighted by molar-refractivity contribution is 6.09. The summed E-state index contributed by atoms with van der Waals surface area (Å²) >= 11 is 0. The van der Waals surface area contributed by atoms with Gasteiger partial charge in [0.1, 0.15) is 17.0 Å². The molecule has 6 aromatic rings. The molecule has 0 saturated heterocycles. The van der Waals surface area contributed by atoms with Crippen LogP contribution in [-0.2, 0) is 5.54 Å². The smallest absolute Gasteiger partial charge is 0.143 e. The number of benzene rings is 4. The minimum atomic E-state index is -0.0970. The van der Waals surface area contributed by atoms with Gasteiger partial charge in [0.05, 0.1) is 11.0 Å². The van der Waals surface area contributed by atoms with Crippen molar-refractivity contribution in [1.82, 2.24) is 9.55 Å². The lowest BCUT2D eigenvalue weighted by atomic mass is 9.99. The Labute approximate surface area is 186 Å². The molecule has 2 heterocycles. The molecule has 0 N–H and O–H groups in total. The molecule has 0 saturated carbocycles. The number of imidazole rings is 1. The zero-order valence-electron chi connectivity index (χ0n) is 18.5. The molecule has 6 rings (SSSR count). The van der Waals surface area contributed by atoms with Crippen LogP contribution in [0.5, 0.6) is 0 Å². The molecule has 3 heteroatoms. The Bertz CT molecular complexity index is 1610. The SMILES string of the molecule is CC(C)(C)n1c(-c2cccc(-c3cccc4c3oc3ccccc34)c2)nc2ccccc21. The van der Waals surface area contributed by atoms with Crippen LogP contribution in [0.4, 0.5) is 0 Å². The molecular formula is C29H24N2O. The first-order valence-corrected chi connectivity index (χ1v) is 11.0. The van der Waals surface area contributed by atoms with Gasteiger partial charge in [-0.15, -0.1) is 0 Å². The van der Waals surface area contributed by atoms with Gasteiger partial charge in [-0.05, 0) is 50.6 Å². The predicted octanol–water partition coefficient (Wildman–Crippen LogP) is 8.02. The van der Waals surface area contributed by atoms with Crippen molar-refractivity contribution in [3.8, 4) is 22.5 Å². The van der Waals surface area contributed by atoms with E-state index < -0.39 is 0 Å². The van der Waals surface area contributed by atoms with E-state index in [0.29, 0.717) is 0 Å². The van der Waals surface area contributed by atoms with Gasteiger partial charge in [0.2, 0.25) is 0 Å². The summed E-state index contributed by atoms with van der Waals surface area (Å²) in [7, 11) is 0. The highest BCUT2D eigenvalue weighted by Crippen LogP contribution is 2.38. The Morgan fingerprint density at radius 1 is 0.719 bits per heavy atom. The molecule has 0 unspecified atom stereocenters. The Hall–Kier alpha value is -3.85. The van der Waals surface area contributed by atoms with Gasteiger partial charge in [0.25, 0.3) is 0 Å². The monoisotopic (exact) mass is 416 g/mol. The van der Waals surface area contributed by atoms with E-state index in [-0.39, 0.29) is 5.54 Å². The largest absolute Gasteiger partial charge is 0.455 e. The maximum Gasteiger partial charge on any atom is 0.143 e. The van der Waals surface area contributed by atoms with Gasteiger partial charge in [-0.3, -0.25) is 0 Å². The van der Waals surface area contributed by atoms with Gasteiger partial charge in [0.15, 0.2) is 0 Å². The molecule has 0 aliphatic rings. The second kappa shape index (κ2) is 6.83. The minimum absolute atomic E-state index is 0.0970. The molecule has 2 aromatic heterocycles. The van der Waals surface area contributed by atoms with Gasteiger partial charge in [-0.2, -0.15) is 0 Å². The van der Waals surface area contributed by atoms with E-state index in [0.717, 1.165) is 55.5 Å². The summed E-state index contributed by atoms with van der Waals surface area (Å²) in [5.41, 5.74) is 7.23. The van der Waals surface area contributed by atoms with Crippen LogP contribution in [0.15, 0.2) is 95.4 Å². The summed E-state index contributed by atoms with van der Waals surface area (Å²) in [4.78, 5) is 5.02. The molecule has 0 spiro atoms. The first kappa shape index (κ1) is 18.9. The third-order valence-electron chi connectivity index (χ3n) is 6.07. The second-order valence-electron chi connectivity index (χ2n) is 9.29. The molecule has 0 amide bonds. The summed E-state index contributed by atoms with van der Waals surface area (Å²) in [6, 6.07) is 31.6. The van der Waals surface area contributed by atoms with E-state index in [4.69, 9.17) is 9.40 Å². The summed E-state index contributed by atoms with van der Waals surface area (Å²) in [5, 5.41) is 2.29. The van der Waals surface area contributed by atoms with Crippen molar-refractivity contribution in [2.75, 3.05) is 0 Å². The summed E-state index contributed by atoms with van der Waals surface area (Å²) in [6.45, 7) is 6.68. The number of hydrogen-bond donors (Lipinski definition) is 0. The van der Waals surface area contributed by atoms with Crippen LogP contribution in [0.3, 0.4) is 0 Å². The van der Waals surface area contributed by atoms with Gasteiger partial charge >= 0.3 is 0 Å². The molecule has 0 fully saturated rings. The van der Waals surface area contributed by atoms with E-state index in [1.165, 1.54) is 0 Å². The lowest BCUT2D eigenvalue weighted by molar-refractivity contribution is 0.413. The van der Waals surface area contributed by atoms with Crippen LogP contribution in [-0.4, -0.2) is 9.55 Å². The van der Waals surface area contributed by atoms with Gasteiger partial charge < -0.3 is 8.98 Å². The molecule has 0 aliphatic carbocycles. The molecule has 0 bridgehead atoms. The number of para-hydroxylation sites is 4. The van der Waals surface area contributed by atoms with Crippen LogP contribution in [0.2, 0.25) is 0 Å². The zero-order valence-corrected chi connectivity index (χ0v) is 18.5.